The van der Waals surface area contributed by atoms with E-state index in [4.69, 9.17) is 4.74 Å². The van der Waals surface area contributed by atoms with Crippen molar-refractivity contribution in [3.8, 4) is 0 Å². The SMILES string of the molecule is CC[C@H](C)Sc1nc(=O)[nH]c(C)c1C(=O)OC. The molecule has 0 radical (unpaired) electrons. The molecule has 0 saturated carbocycles. The van der Waals surface area contributed by atoms with Crippen LogP contribution < -0.4 is 5.69 Å². The Morgan fingerprint density at radius 3 is 2.76 bits per heavy atom. The summed E-state index contributed by atoms with van der Waals surface area (Å²) in [7, 11) is 1.31. The van der Waals surface area contributed by atoms with Crippen LogP contribution in [0.1, 0.15) is 36.3 Å². The Morgan fingerprint density at radius 1 is 1.59 bits per heavy atom. The van der Waals surface area contributed by atoms with Gasteiger partial charge in [0.1, 0.15) is 10.6 Å². The van der Waals surface area contributed by atoms with Crippen molar-refractivity contribution in [1.82, 2.24) is 9.97 Å². The molecule has 5 nitrogen and oxygen atoms in total. The number of esters is 1. The quantitative estimate of drug-likeness (QED) is 0.505. The van der Waals surface area contributed by atoms with Crippen LogP contribution in [0.4, 0.5) is 0 Å². The molecule has 0 bridgehead atoms. The van der Waals surface area contributed by atoms with E-state index in [1.807, 2.05) is 13.8 Å². The highest BCUT2D eigenvalue weighted by atomic mass is 32.2. The summed E-state index contributed by atoms with van der Waals surface area (Å²) in [4.78, 5) is 29.3. The van der Waals surface area contributed by atoms with Crippen molar-refractivity contribution in [2.24, 2.45) is 0 Å². The van der Waals surface area contributed by atoms with Gasteiger partial charge in [-0.25, -0.2) is 9.59 Å². The topological polar surface area (TPSA) is 72.0 Å². The van der Waals surface area contributed by atoms with Crippen LogP contribution >= 0.6 is 11.8 Å². The Labute approximate surface area is 104 Å². The van der Waals surface area contributed by atoms with E-state index in [1.54, 1.807) is 6.92 Å². The highest BCUT2D eigenvalue weighted by molar-refractivity contribution is 7.99. The van der Waals surface area contributed by atoms with Gasteiger partial charge in [0.05, 0.1) is 7.11 Å². The first-order chi connectivity index (χ1) is 7.99. The molecule has 1 aromatic rings. The first-order valence-corrected chi connectivity index (χ1v) is 6.23. The van der Waals surface area contributed by atoms with Crippen molar-refractivity contribution in [1.29, 1.82) is 0 Å². The molecular formula is C11H16N2O3S. The summed E-state index contributed by atoms with van der Waals surface area (Å²) >= 11 is 1.41. The molecule has 1 atom stereocenters. The van der Waals surface area contributed by atoms with Crippen LogP contribution in [0.2, 0.25) is 0 Å². The number of ether oxygens (including phenoxy) is 1. The maximum atomic E-state index is 11.6. The summed E-state index contributed by atoms with van der Waals surface area (Å²) in [6, 6.07) is 0. The minimum atomic E-state index is -0.475. The fourth-order valence-electron chi connectivity index (χ4n) is 1.26. The van der Waals surface area contributed by atoms with E-state index in [2.05, 4.69) is 9.97 Å². The van der Waals surface area contributed by atoms with E-state index in [1.165, 1.54) is 18.9 Å². The minimum Gasteiger partial charge on any atom is -0.465 e. The maximum absolute atomic E-state index is 11.6. The first-order valence-electron chi connectivity index (χ1n) is 5.35. The molecule has 0 aliphatic carbocycles. The first kappa shape index (κ1) is 13.8. The van der Waals surface area contributed by atoms with E-state index in [0.29, 0.717) is 16.3 Å². The third kappa shape index (κ3) is 3.33. The standard InChI is InChI=1S/C11H16N2O3S/c1-5-6(2)17-9-8(10(14)16-4)7(3)12-11(15)13-9/h6H,5H2,1-4H3,(H,12,13,15)/t6-/m0/s1. The molecular weight excluding hydrogens is 240 g/mol. The van der Waals surface area contributed by atoms with E-state index in [0.717, 1.165) is 6.42 Å². The van der Waals surface area contributed by atoms with Crippen LogP contribution in [-0.2, 0) is 4.74 Å². The van der Waals surface area contributed by atoms with Crippen molar-refractivity contribution in [3.63, 3.8) is 0 Å². The van der Waals surface area contributed by atoms with E-state index in [-0.39, 0.29) is 5.25 Å². The molecule has 1 rings (SSSR count). The van der Waals surface area contributed by atoms with Crippen LogP contribution in [0.15, 0.2) is 9.82 Å². The highest BCUT2D eigenvalue weighted by Crippen LogP contribution is 2.26. The normalized spacial score (nSPS) is 12.2. The summed E-state index contributed by atoms with van der Waals surface area (Å²) in [6.07, 6.45) is 0.929. The molecule has 17 heavy (non-hydrogen) atoms. The molecule has 0 aromatic carbocycles. The van der Waals surface area contributed by atoms with Gasteiger partial charge in [-0.2, -0.15) is 4.98 Å². The molecule has 0 fully saturated rings. The largest absolute Gasteiger partial charge is 0.465 e. The number of carbonyl (C=O) groups is 1. The molecule has 1 N–H and O–H groups in total. The molecule has 0 unspecified atom stereocenters. The second-order valence-corrected chi connectivity index (χ2v) is 5.10. The number of aromatic amines is 1. The predicted octanol–water partition coefficient (Wildman–Crippen LogP) is 1.76. The molecule has 94 valence electrons. The summed E-state index contributed by atoms with van der Waals surface area (Å²) in [5.74, 6) is -0.475. The number of aromatic nitrogens is 2. The lowest BCUT2D eigenvalue weighted by Crippen LogP contribution is -2.19. The number of nitrogens with zero attached hydrogens (tertiary/aromatic N) is 1. The lowest BCUT2D eigenvalue weighted by atomic mass is 10.2. The van der Waals surface area contributed by atoms with Gasteiger partial charge in [-0.3, -0.25) is 0 Å². The smallest absolute Gasteiger partial charge is 0.346 e. The summed E-state index contributed by atoms with van der Waals surface area (Å²) in [6.45, 7) is 5.72. The maximum Gasteiger partial charge on any atom is 0.346 e. The molecule has 0 amide bonds. The number of rotatable bonds is 4. The fraction of sp³-hybridized carbons (Fsp3) is 0.545. The predicted molar refractivity (Wildman–Crippen MR) is 66.5 cm³/mol. The van der Waals surface area contributed by atoms with Gasteiger partial charge in [0.15, 0.2) is 0 Å². The van der Waals surface area contributed by atoms with Gasteiger partial charge in [-0.1, -0.05) is 13.8 Å². The number of H-pyrrole nitrogens is 1. The van der Waals surface area contributed by atoms with Gasteiger partial charge in [0.25, 0.3) is 0 Å². The Balaban J connectivity index is 3.25. The molecule has 6 heteroatoms. The average Bonchev–Trinajstić information content (AvgIpc) is 2.27. The Hall–Kier alpha value is -1.30. The number of hydrogen-bond acceptors (Lipinski definition) is 5. The molecule has 0 saturated heterocycles. The number of carbonyl (C=O) groups excluding carboxylic acids is 1. The zero-order valence-electron chi connectivity index (χ0n) is 10.4. The number of aryl methyl sites for hydroxylation is 1. The Morgan fingerprint density at radius 2 is 2.24 bits per heavy atom. The van der Waals surface area contributed by atoms with Crippen LogP contribution in [0.3, 0.4) is 0 Å². The van der Waals surface area contributed by atoms with Crippen molar-refractivity contribution < 1.29 is 9.53 Å². The molecule has 1 aromatic heterocycles. The second-order valence-electron chi connectivity index (χ2n) is 3.68. The lowest BCUT2D eigenvalue weighted by molar-refractivity contribution is 0.0594. The van der Waals surface area contributed by atoms with Gasteiger partial charge >= 0.3 is 11.7 Å². The summed E-state index contributed by atoms with van der Waals surface area (Å²) in [5.41, 5.74) is 0.390. The summed E-state index contributed by atoms with van der Waals surface area (Å²) in [5, 5.41) is 0.722. The average molecular weight is 256 g/mol. The Bertz CT molecular complexity index is 470. The van der Waals surface area contributed by atoms with Crippen LogP contribution in [0.5, 0.6) is 0 Å². The Kier molecular flexibility index (Phi) is 4.74. The second kappa shape index (κ2) is 5.86. The molecule has 0 spiro atoms. The zero-order valence-corrected chi connectivity index (χ0v) is 11.2. The lowest BCUT2D eigenvalue weighted by Gasteiger charge is -2.11. The van der Waals surface area contributed by atoms with Crippen molar-refractivity contribution in [3.05, 3.63) is 21.7 Å². The minimum absolute atomic E-state index is 0.284. The van der Waals surface area contributed by atoms with Gasteiger partial charge in [-0.05, 0) is 13.3 Å². The number of nitrogens with one attached hydrogen (secondary N) is 1. The monoisotopic (exact) mass is 256 g/mol. The molecule has 0 aliphatic rings. The fourth-order valence-corrected chi connectivity index (χ4v) is 2.30. The van der Waals surface area contributed by atoms with Crippen molar-refractivity contribution in [2.45, 2.75) is 37.5 Å². The van der Waals surface area contributed by atoms with Crippen molar-refractivity contribution >= 4 is 17.7 Å². The van der Waals surface area contributed by atoms with Crippen LogP contribution in [0.25, 0.3) is 0 Å². The number of hydrogen-bond donors (Lipinski definition) is 1. The molecule has 1 heterocycles. The van der Waals surface area contributed by atoms with Gasteiger partial charge in [0, 0.05) is 10.9 Å². The zero-order chi connectivity index (χ0) is 13.0. The third-order valence-corrected chi connectivity index (χ3v) is 3.62. The van der Waals surface area contributed by atoms with E-state index < -0.39 is 11.7 Å². The summed E-state index contributed by atoms with van der Waals surface area (Å²) < 4.78 is 4.70. The third-order valence-electron chi connectivity index (χ3n) is 2.36. The number of methoxy groups -OCH3 is 1. The number of thioether (sulfide) groups is 1. The van der Waals surface area contributed by atoms with E-state index in [9.17, 15) is 9.59 Å². The highest BCUT2D eigenvalue weighted by Gasteiger charge is 2.19. The van der Waals surface area contributed by atoms with Gasteiger partial charge in [-0.15, -0.1) is 11.8 Å². The van der Waals surface area contributed by atoms with E-state index >= 15 is 0 Å². The van der Waals surface area contributed by atoms with Crippen LogP contribution in [-0.4, -0.2) is 28.3 Å². The molecule has 0 aliphatic heterocycles. The van der Waals surface area contributed by atoms with Gasteiger partial charge < -0.3 is 9.72 Å². The van der Waals surface area contributed by atoms with Crippen LogP contribution in [0, 0.1) is 6.92 Å². The van der Waals surface area contributed by atoms with Crippen molar-refractivity contribution in [2.75, 3.05) is 7.11 Å². The van der Waals surface area contributed by atoms with Gasteiger partial charge in [0.2, 0.25) is 0 Å².